The molecule has 100 valence electrons. The molecule has 1 aromatic rings. The summed E-state index contributed by atoms with van der Waals surface area (Å²) in [7, 11) is 0. The first-order chi connectivity index (χ1) is 8.86. The molecule has 2 nitrogen and oxygen atoms in total. The maximum absolute atomic E-state index is 12.2. The molecule has 1 aliphatic carbocycles. The molecular weight excluding hydrogens is 229 g/mol. The number of fused-ring (bicyclic) bond motifs is 1. The molecule has 3 heteroatoms. The summed E-state index contributed by atoms with van der Waals surface area (Å²) in [6, 6.07) is 6.57. The maximum atomic E-state index is 12.2. The molecule has 0 amide bonds. The van der Waals surface area contributed by atoms with E-state index in [2.05, 4.69) is 18.3 Å². The van der Waals surface area contributed by atoms with Crippen LogP contribution in [-0.4, -0.2) is 19.8 Å². The lowest BCUT2D eigenvalue weighted by atomic mass is 9.87. The first kappa shape index (κ1) is 13.3. The van der Waals surface area contributed by atoms with Gasteiger partial charge in [-0.25, -0.2) is 4.39 Å². The van der Waals surface area contributed by atoms with Crippen molar-refractivity contribution in [3.05, 3.63) is 29.3 Å². The number of alkyl halides is 1. The van der Waals surface area contributed by atoms with Crippen molar-refractivity contribution >= 4 is 0 Å². The third-order valence-corrected chi connectivity index (χ3v) is 3.44. The zero-order chi connectivity index (χ0) is 12.8. The highest BCUT2D eigenvalue weighted by molar-refractivity contribution is 5.43. The van der Waals surface area contributed by atoms with Crippen molar-refractivity contribution < 1.29 is 9.13 Å². The highest BCUT2D eigenvalue weighted by atomic mass is 19.1. The van der Waals surface area contributed by atoms with Gasteiger partial charge in [0.2, 0.25) is 0 Å². The molecule has 0 radical (unpaired) electrons. The molecule has 1 unspecified atom stereocenters. The first-order valence-corrected chi connectivity index (χ1v) is 6.90. The average Bonchev–Trinajstić information content (AvgIpc) is 2.42. The van der Waals surface area contributed by atoms with E-state index in [0.29, 0.717) is 6.04 Å². The third kappa shape index (κ3) is 3.02. The number of benzene rings is 1. The Morgan fingerprint density at radius 3 is 3.11 bits per heavy atom. The van der Waals surface area contributed by atoms with Gasteiger partial charge in [0.05, 0.1) is 0 Å². The van der Waals surface area contributed by atoms with E-state index in [1.165, 1.54) is 24.0 Å². The smallest absolute Gasteiger partial charge is 0.123 e. The number of halogens is 1. The van der Waals surface area contributed by atoms with Gasteiger partial charge < -0.3 is 10.1 Å². The van der Waals surface area contributed by atoms with Crippen molar-refractivity contribution in [3.8, 4) is 5.75 Å². The monoisotopic (exact) mass is 251 g/mol. The quantitative estimate of drug-likeness (QED) is 0.836. The molecule has 18 heavy (non-hydrogen) atoms. The summed E-state index contributed by atoms with van der Waals surface area (Å²) in [5.74, 6) is 0.869. The Kier molecular flexibility index (Phi) is 5.00. The molecule has 0 spiro atoms. The molecule has 0 heterocycles. The molecule has 1 atom stereocenters. The molecule has 1 N–H and O–H groups in total. The minimum Gasteiger partial charge on any atom is -0.491 e. The number of ether oxygens (including phenoxy) is 1. The first-order valence-electron chi connectivity index (χ1n) is 6.90. The predicted molar refractivity (Wildman–Crippen MR) is 71.9 cm³/mol. The second-order valence-electron chi connectivity index (χ2n) is 4.76. The molecule has 0 bridgehead atoms. The van der Waals surface area contributed by atoms with Crippen LogP contribution in [0.4, 0.5) is 4.39 Å². The fourth-order valence-corrected chi connectivity index (χ4v) is 2.63. The Bertz CT molecular complexity index is 381. The Morgan fingerprint density at radius 1 is 1.44 bits per heavy atom. The second-order valence-corrected chi connectivity index (χ2v) is 4.76. The average molecular weight is 251 g/mol. The standard InChI is InChI=1S/C15H22FNO/c1-2-10-17-14-7-3-6-13-12(14)5-4-8-15(13)18-11-9-16/h4-5,8,14,17H,2-3,6-7,9-11H2,1H3. The van der Waals surface area contributed by atoms with Crippen LogP contribution in [0.15, 0.2) is 18.2 Å². The van der Waals surface area contributed by atoms with E-state index in [9.17, 15) is 4.39 Å². The highest BCUT2D eigenvalue weighted by Crippen LogP contribution is 2.35. The lowest BCUT2D eigenvalue weighted by molar-refractivity contribution is 0.269. The Labute approximate surface area is 109 Å². The fourth-order valence-electron chi connectivity index (χ4n) is 2.63. The van der Waals surface area contributed by atoms with Crippen LogP contribution in [0.25, 0.3) is 0 Å². The maximum Gasteiger partial charge on any atom is 0.123 e. The summed E-state index contributed by atoms with van der Waals surface area (Å²) in [6.07, 6.45) is 4.54. The molecule has 2 rings (SSSR count). The Hall–Kier alpha value is -1.09. The summed E-state index contributed by atoms with van der Waals surface area (Å²) < 4.78 is 17.7. The zero-order valence-corrected chi connectivity index (χ0v) is 11.0. The molecule has 1 aliphatic rings. The molecular formula is C15H22FNO. The van der Waals surface area contributed by atoms with Gasteiger partial charge in [-0.2, -0.15) is 0 Å². The normalized spacial score (nSPS) is 18.4. The largest absolute Gasteiger partial charge is 0.491 e. The zero-order valence-electron chi connectivity index (χ0n) is 11.0. The van der Waals surface area contributed by atoms with Crippen LogP contribution in [0.5, 0.6) is 5.75 Å². The van der Waals surface area contributed by atoms with Crippen molar-refractivity contribution in [1.29, 1.82) is 0 Å². The Balaban J connectivity index is 2.17. The van der Waals surface area contributed by atoms with Gasteiger partial charge in [0.1, 0.15) is 19.0 Å². The lowest BCUT2D eigenvalue weighted by Gasteiger charge is -2.28. The number of hydrogen-bond acceptors (Lipinski definition) is 2. The van der Waals surface area contributed by atoms with Gasteiger partial charge in [-0.05, 0) is 49.4 Å². The molecule has 0 saturated carbocycles. The van der Waals surface area contributed by atoms with Gasteiger partial charge in [0, 0.05) is 6.04 Å². The van der Waals surface area contributed by atoms with Gasteiger partial charge in [0.25, 0.3) is 0 Å². The van der Waals surface area contributed by atoms with Gasteiger partial charge in [0.15, 0.2) is 0 Å². The van der Waals surface area contributed by atoms with Crippen LogP contribution in [0.3, 0.4) is 0 Å². The summed E-state index contributed by atoms with van der Waals surface area (Å²) in [4.78, 5) is 0. The summed E-state index contributed by atoms with van der Waals surface area (Å²) >= 11 is 0. The van der Waals surface area contributed by atoms with E-state index in [1.54, 1.807) is 0 Å². The molecule has 0 aromatic heterocycles. The van der Waals surface area contributed by atoms with E-state index in [-0.39, 0.29) is 6.61 Å². The minimum absolute atomic E-state index is 0.156. The van der Waals surface area contributed by atoms with Crippen molar-refractivity contribution in [1.82, 2.24) is 5.32 Å². The summed E-state index contributed by atoms with van der Waals surface area (Å²) in [5.41, 5.74) is 2.61. The minimum atomic E-state index is -0.429. The van der Waals surface area contributed by atoms with Gasteiger partial charge in [-0.1, -0.05) is 19.1 Å². The second kappa shape index (κ2) is 6.74. The van der Waals surface area contributed by atoms with Crippen LogP contribution in [0, 0.1) is 0 Å². The van der Waals surface area contributed by atoms with Crippen LogP contribution in [0.1, 0.15) is 43.4 Å². The van der Waals surface area contributed by atoms with E-state index in [4.69, 9.17) is 4.74 Å². The summed E-state index contributed by atoms with van der Waals surface area (Å²) in [6.45, 7) is 2.95. The number of hydrogen-bond donors (Lipinski definition) is 1. The Morgan fingerprint density at radius 2 is 2.33 bits per heavy atom. The van der Waals surface area contributed by atoms with Crippen LogP contribution < -0.4 is 10.1 Å². The van der Waals surface area contributed by atoms with Crippen LogP contribution >= 0.6 is 0 Å². The van der Waals surface area contributed by atoms with Gasteiger partial charge >= 0.3 is 0 Å². The fraction of sp³-hybridized carbons (Fsp3) is 0.600. The lowest BCUT2D eigenvalue weighted by Crippen LogP contribution is -2.26. The van der Waals surface area contributed by atoms with Crippen molar-refractivity contribution in [3.63, 3.8) is 0 Å². The number of rotatable bonds is 6. The SMILES string of the molecule is CCCNC1CCCc2c(OCCF)cccc21. The highest BCUT2D eigenvalue weighted by Gasteiger charge is 2.22. The summed E-state index contributed by atoms with van der Waals surface area (Å²) in [5, 5.41) is 3.58. The molecule has 0 fully saturated rings. The number of nitrogens with one attached hydrogen (secondary N) is 1. The van der Waals surface area contributed by atoms with E-state index in [1.807, 2.05) is 12.1 Å². The van der Waals surface area contributed by atoms with Crippen LogP contribution in [-0.2, 0) is 6.42 Å². The third-order valence-electron chi connectivity index (χ3n) is 3.44. The molecule has 0 saturated heterocycles. The van der Waals surface area contributed by atoms with Crippen molar-refractivity contribution in [2.45, 2.75) is 38.6 Å². The molecule has 1 aromatic carbocycles. The van der Waals surface area contributed by atoms with Crippen molar-refractivity contribution in [2.24, 2.45) is 0 Å². The van der Waals surface area contributed by atoms with E-state index < -0.39 is 6.67 Å². The van der Waals surface area contributed by atoms with Crippen LogP contribution in [0.2, 0.25) is 0 Å². The van der Waals surface area contributed by atoms with Gasteiger partial charge in [-0.15, -0.1) is 0 Å². The van der Waals surface area contributed by atoms with E-state index in [0.717, 1.165) is 25.1 Å². The topological polar surface area (TPSA) is 21.3 Å². The van der Waals surface area contributed by atoms with Crippen molar-refractivity contribution in [2.75, 3.05) is 19.8 Å². The van der Waals surface area contributed by atoms with E-state index >= 15 is 0 Å². The van der Waals surface area contributed by atoms with Gasteiger partial charge in [-0.3, -0.25) is 0 Å². The predicted octanol–water partition coefficient (Wildman–Crippen LogP) is 3.41. The molecule has 0 aliphatic heterocycles.